The molecule has 0 atom stereocenters. The van der Waals surface area contributed by atoms with Gasteiger partial charge in [0.25, 0.3) is 0 Å². The molecule has 0 saturated carbocycles. The van der Waals surface area contributed by atoms with Crippen LogP contribution in [0.25, 0.3) is 0 Å². The van der Waals surface area contributed by atoms with Crippen molar-refractivity contribution in [1.29, 1.82) is 0 Å². The number of benzene rings is 1. The molecule has 0 bridgehead atoms. The van der Waals surface area contributed by atoms with Gasteiger partial charge in [-0.2, -0.15) is 0 Å². The molecule has 0 saturated heterocycles. The summed E-state index contributed by atoms with van der Waals surface area (Å²) in [6.45, 7) is 7.92. The molecule has 1 N–H and O–H groups in total. The third-order valence-corrected chi connectivity index (χ3v) is 7.96. The molecule has 0 amide bonds. The predicted octanol–water partition coefficient (Wildman–Crippen LogP) is 2.87. The summed E-state index contributed by atoms with van der Waals surface area (Å²) in [5, 5.41) is 6.28. The maximum Gasteiger partial charge on any atom is 0.199 e. The van der Waals surface area contributed by atoms with E-state index in [2.05, 4.69) is 80.4 Å². The summed E-state index contributed by atoms with van der Waals surface area (Å²) >= 11 is 0. The highest BCUT2D eigenvalue weighted by atomic mass is 28.3. The maximum atomic E-state index is 4.89. The fourth-order valence-electron chi connectivity index (χ4n) is 3.12. The summed E-state index contributed by atoms with van der Waals surface area (Å²) in [7, 11) is 2.45. The zero-order chi connectivity index (χ0) is 15.9. The van der Waals surface area contributed by atoms with Crippen LogP contribution in [0.3, 0.4) is 0 Å². The number of aliphatic imine (C=N–C) groups is 1. The van der Waals surface area contributed by atoms with Crippen molar-refractivity contribution in [3.63, 3.8) is 0 Å². The molecule has 1 aliphatic carbocycles. The fraction of sp³-hybridized carbons (Fsp3) is 0.333. The molecule has 3 nitrogen and oxygen atoms in total. The van der Waals surface area contributed by atoms with Crippen LogP contribution in [0.5, 0.6) is 0 Å². The number of fused-ring (bicyclic) bond motifs is 2. The third-order valence-electron chi connectivity index (χ3n) is 4.46. The highest BCUT2D eigenvalue weighted by molar-refractivity contribution is 7.01. The smallest absolute Gasteiger partial charge is 0.199 e. The van der Waals surface area contributed by atoms with Gasteiger partial charge in [-0.3, -0.25) is 0 Å². The number of nitrogens with zero attached hydrogens (tertiary/aromatic N) is 2. The van der Waals surface area contributed by atoms with E-state index in [4.69, 9.17) is 4.99 Å². The van der Waals surface area contributed by atoms with Crippen LogP contribution >= 0.6 is 0 Å². The lowest BCUT2D eigenvalue weighted by atomic mass is 10.1. The van der Waals surface area contributed by atoms with Crippen LogP contribution in [-0.4, -0.2) is 44.7 Å². The molecule has 4 heteroatoms. The quantitative estimate of drug-likeness (QED) is 0.508. The number of allylic oxidation sites excluding steroid dienone is 4. The van der Waals surface area contributed by atoms with Gasteiger partial charge in [0.15, 0.2) is 5.71 Å². The van der Waals surface area contributed by atoms with Gasteiger partial charge in [-0.15, -0.1) is 0 Å². The van der Waals surface area contributed by atoms with E-state index in [-0.39, 0.29) is 0 Å². The molecular weight excluding hydrogens is 286 g/mol. The first-order valence-corrected chi connectivity index (χ1v) is 10.9. The second kappa shape index (κ2) is 5.36. The average Bonchev–Trinajstić information content (AvgIpc) is 2.48. The van der Waals surface area contributed by atoms with Gasteiger partial charge in [0, 0.05) is 24.4 Å². The molecule has 1 heterocycles. The van der Waals surface area contributed by atoms with Gasteiger partial charge < -0.3 is 5.32 Å². The molecular formula is C18H24N3Si+. The molecule has 3 rings (SSSR count). The minimum Gasteiger partial charge on any atom is -0.385 e. The molecule has 1 aromatic carbocycles. The van der Waals surface area contributed by atoms with E-state index >= 15 is 0 Å². The average molecular weight is 310 g/mol. The van der Waals surface area contributed by atoms with E-state index in [1.54, 1.807) is 0 Å². The first-order chi connectivity index (χ1) is 10.4. The molecule has 114 valence electrons. The first-order valence-electron chi connectivity index (χ1n) is 7.85. The normalized spacial score (nSPS) is 18.1. The van der Waals surface area contributed by atoms with Crippen molar-refractivity contribution >= 4 is 36.1 Å². The Morgan fingerprint density at radius 3 is 2.64 bits per heavy atom. The van der Waals surface area contributed by atoms with Crippen LogP contribution in [-0.2, 0) is 0 Å². The molecule has 2 aliphatic rings. The number of nitrogens with one attached hydrogen (secondary N) is 1. The molecule has 1 aromatic rings. The van der Waals surface area contributed by atoms with Crippen molar-refractivity contribution in [2.75, 3.05) is 26.0 Å². The van der Waals surface area contributed by atoms with Gasteiger partial charge in [-0.05, 0) is 41.6 Å². The molecule has 22 heavy (non-hydrogen) atoms. The number of anilines is 1. The second-order valence-electron chi connectivity index (χ2n) is 6.59. The van der Waals surface area contributed by atoms with E-state index in [1.165, 1.54) is 21.8 Å². The van der Waals surface area contributed by atoms with Gasteiger partial charge in [0.05, 0.1) is 11.4 Å². The molecule has 0 unspecified atom stereocenters. The Balaban J connectivity index is 2.18. The molecule has 0 radical (unpaired) electrons. The monoisotopic (exact) mass is 310 g/mol. The Hall–Kier alpha value is -1.94. The fourth-order valence-corrected chi connectivity index (χ4v) is 6.00. The van der Waals surface area contributed by atoms with Crippen LogP contribution in [0.4, 0.5) is 11.4 Å². The van der Waals surface area contributed by atoms with Gasteiger partial charge >= 0.3 is 0 Å². The molecule has 0 spiro atoms. The van der Waals surface area contributed by atoms with E-state index in [1.807, 2.05) is 0 Å². The van der Waals surface area contributed by atoms with Gasteiger partial charge in [0.1, 0.15) is 22.2 Å². The lowest BCUT2D eigenvalue weighted by Crippen LogP contribution is -2.49. The molecule has 0 fully saturated rings. The van der Waals surface area contributed by atoms with Gasteiger partial charge in [0.2, 0.25) is 0 Å². The topological polar surface area (TPSA) is 27.4 Å². The summed E-state index contributed by atoms with van der Waals surface area (Å²) in [6, 6.07) is 6.60. The van der Waals surface area contributed by atoms with E-state index in [0.717, 1.165) is 17.9 Å². The Morgan fingerprint density at radius 2 is 1.95 bits per heavy atom. The largest absolute Gasteiger partial charge is 0.385 e. The van der Waals surface area contributed by atoms with Crippen molar-refractivity contribution in [2.24, 2.45) is 4.99 Å². The number of hydrogen-bond donors (Lipinski definition) is 1. The van der Waals surface area contributed by atoms with Crippen LogP contribution < -0.4 is 10.5 Å². The van der Waals surface area contributed by atoms with Crippen LogP contribution in [0.2, 0.25) is 13.1 Å². The van der Waals surface area contributed by atoms with Crippen molar-refractivity contribution in [1.82, 2.24) is 0 Å². The molecule has 0 aromatic heterocycles. The Morgan fingerprint density at radius 1 is 1.18 bits per heavy atom. The van der Waals surface area contributed by atoms with Crippen LogP contribution in [0.15, 0.2) is 46.6 Å². The maximum absolute atomic E-state index is 4.89. The summed E-state index contributed by atoms with van der Waals surface area (Å²) in [5.74, 6) is 0. The second-order valence-corrected chi connectivity index (χ2v) is 10.9. The van der Waals surface area contributed by atoms with Crippen LogP contribution in [0.1, 0.15) is 6.92 Å². The minimum absolute atomic E-state index is 0.944. The highest BCUT2D eigenvalue weighted by Gasteiger charge is 2.38. The predicted molar refractivity (Wildman–Crippen MR) is 99.2 cm³/mol. The Kier molecular flexibility index (Phi) is 3.65. The standard InChI is InChI=1S/C18H23N3Si/c1-6-19-13-7-9-15-17(11-13)22(4,5)18-12-14(21(2)3)8-10-16(18)20-15/h7-12H,6H2,1-5H3/p+1. The van der Waals surface area contributed by atoms with Crippen molar-refractivity contribution in [3.05, 3.63) is 41.6 Å². The van der Waals surface area contributed by atoms with Crippen molar-refractivity contribution in [2.45, 2.75) is 20.0 Å². The summed E-state index contributed by atoms with van der Waals surface area (Å²) in [6.07, 6.45) is 6.65. The van der Waals surface area contributed by atoms with Crippen molar-refractivity contribution in [3.8, 4) is 0 Å². The van der Waals surface area contributed by atoms with E-state index < -0.39 is 8.07 Å². The van der Waals surface area contributed by atoms with Crippen LogP contribution in [0, 0.1) is 0 Å². The highest BCUT2D eigenvalue weighted by Crippen LogP contribution is 2.31. The Bertz CT molecular complexity index is 748. The zero-order valence-corrected chi connectivity index (χ0v) is 15.1. The lowest BCUT2D eigenvalue weighted by molar-refractivity contribution is -0.462. The Labute approximate surface area is 133 Å². The number of hydrogen-bond acceptors (Lipinski definition) is 2. The van der Waals surface area contributed by atoms with E-state index in [0.29, 0.717) is 0 Å². The summed E-state index contributed by atoms with van der Waals surface area (Å²) in [4.78, 5) is 4.89. The van der Waals surface area contributed by atoms with E-state index in [9.17, 15) is 0 Å². The van der Waals surface area contributed by atoms with Crippen molar-refractivity contribution < 1.29 is 4.58 Å². The minimum atomic E-state index is -1.73. The van der Waals surface area contributed by atoms with Gasteiger partial charge in [-0.1, -0.05) is 13.1 Å². The number of rotatable bonds is 2. The lowest BCUT2D eigenvalue weighted by Gasteiger charge is -2.33. The summed E-state index contributed by atoms with van der Waals surface area (Å²) in [5.41, 5.74) is 4.74. The van der Waals surface area contributed by atoms with Gasteiger partial charge in [-0.25, -0.2) is 9.57 Å². The first kappa shape index (κ1) is 15.0. The zero-order valence-electron chi connectivity index (χ0n) is 14.1. The SMILES string of the molecule is CCNc1ccc2c(c1)[Si](C)(C)C1=CC(=[N+](C)C)C=CC1=N2. The summed E-state index contributed by atoms with van der Waals surface area (Å²) < 4.78 is 2.16. The molecule has 1 aliphatic heterocycles. The third kappa shape index (κ3) is 2.37.